The van der Waals surface area contributed by atoms with Crippen LogP contribution in [0.5, 0.6) is 0 Å². The van der Waals surface area contributed by atoms with E-state index < -0.39 is 0 Å². The fourth-order valence-electron chi connectivity index (χ4n) is 3.57. The highest BCUT2D eigenvalue weighted by Crippen LogP contribution is 2.50. The van der Waals surface area contributed by atoms with Gasteiger partial charge in [-0.15, -0.1) is 0 Å². The van der Waals surface area contributed by atoms with E-state index in [0.717, 1.165) is 16.5 Å². The molecule has 0 amide bonds. The van der Waals surface area contributed by atoms with Gasteiger partial charge in [0.25, 0.3) is 0 Å². The predicted molar refractivity (Wildman–Crippen MR) is 89.3 cm³/mol. The largest absolute Gasteiger partial charge is 0.378 e. The molecule has 1 aliphatic carbocycles. The summed E-state index contributed by atoms with van der Waals surface area (Å²) in [5.41, 5.74) is 3.79. The minimum absolute atomic E-state index is 0.316. The molecule has 2 aromatic rings. The summed E-state index contributed by atoms with van der Waals surface area (Å²) in [7, 11) is 0. The van der Waals surface area contributed by atoms with Crippen LogP contribution in [0.2, 0.25) is 10.0 Å². The Kier molecular flexibility index (Phi) is 3.20. The zero-order chi connectivity index (χ0) is 14.4. The number of hydrogen-bond acceptors (Lipinski definition) is 1. The van der Waals surface area contributed by atoms with Crippen LogP contribution in [0.1, 0.15) is 29.5 Å². The maximum atomic E-state index is 6.17. The molecule has 0 saturated heterocycles. The van der Waals surface area contributed by atoms with Gasteiger partial charge in [0.05, 0.1) is 6.04 Å². The Labute approximate surface area is 134 Å². The van der Waals surface area contributed by atoms with Gasteiger partial charge in [0.2, 0.25) is 0 Å². The maximum Gasteiger partial charge on any atom is 0.0553 e. The SMILES string of the molecule is Clc1ccc([C@H]2Nc3ccc(Cl)cc3[C@H]3C=CC[C@@H]32)cc1. The van der Waals surface area contributed by atoms with Crippen LogP contribution in [-0.2, 0) is 0 Å². The van der Waals surface area contributed by atoms with E-state index in [1.807, 2.05) is 18.2 Å². The quantitative estimate of drug-likeness (QED) is 0.654. The number of rotatable bonds is 1. The molecular weight excluding hydrogens is 301 g/mol. The number of nitrogens with one attached hydrogen (secondary N) is 1. The molecule has 0 bridgehead atoms. The van der Waals surface area contributed by atoms with Crippen molar-refractivity contribution in [1.82, 2.24) is 0 Å². The second kappa shape index (κ2) is 5.08. The normalized spacial score (nSPS) is 26.1. The number of benzene rings is 2. The molecule has 3 heteroatoms. The van der Waals surface area contributed by atoms with E-state index in [1.165, 1.54) is 16.8 Å². The fourth-order valence-corrected chi connectivity index (χ4v) is 3.87. The highest BCUT2D eigenvalue weighted by atomic mass is 35.5. The Morgan fingerprint density at radius 1 is 0.952 bits per heavy atom. The summed E-state index contributed by atoms with van der Waals surface area (Å²) in [6.45, 7) is 0. The first-order chi connectivity index (χ1) is 10.2. The maximum absolute atomic E-state index is 6.17. The van der Waals surface area contributed by atoms with Crippen LogP contribution in [0.4, 0.5) is 5.69 Å². The molecule has 1 N–H and O–H groups in total. The molecule has 4 rings (SSSR count). The standard InChI is InChI=1S/C18H15Cl2N/c19-12-6-4-11(5-7-12)18-15-3-1-2-14(15)16-10-13(20)8-9-17(16)21-18/h1-2,4-10,14-15,18,21H,3H2/t14-,15-,18+/m0/s1. The van der Waals surface area contributed by atoms with Gasteiger partial charge < -0.3 is 5.32 Å². The van der Waals surface area contributed by atoms with Gasteiger partial charge in [-0.25, -0.2) is 0 Å². The van der Waals surface area contributed by atoms with Gasteiger partial charge >= 0.3 is 0 Å². The summed E-state index contributed by atoms with van der Waals surface area (Å²) < 4.78 is 0. The highest BCUT2D eigenvalue weighted by Gasteiger charge is 2.37. The van der Waals surface area contributed by atoms with Crippen LogP contribution < -0.4 is 5.32 Å². The molecule has 1 aliphatic heterocycles. The average Bonchev–Trinajstić information content (AvgIpc) is 2.97. The molecule has 0 radical (unpaired) electrons. The van der Waals surface area contributed by atoms with Crippen molar-refractivity contribution in [2.24, 2.45) is 5.92 Å². The number of fused-ring (bicyclic) bond motifs is 3. The molecular formula is C18H15Cl2N. The van der Waals surface area contributed by atoms with Crippen molar-refractivity contribution in [3.8, 4) is 0 Å². The Hall–Kier alpha value is -1.44. The average molecular weight is 316 g/mol. The van der Waals surface area contributed by atoms with E-state index in [1.54, 1.807) is 0 Å². The van der Waals surface area contributed by atoms with E-state index in [-0.39, 0.29) is 0 Å². The van der Waals surface area contributed by atoms with Gasteiger partial charge in [0.15, 0.2) is 0 Å². The molecule has 3 atom stereocenters. The third-order valence-corrected chi connectivity index (χ3v) is 5.04. The molecule has 2 aliphatic rings. The summed E-state index contributed by atoms with van der Waals surface area (Å²) in [5.74, 6) is 0.984. The first kappa shape index (κ1) is 13.2. The molecule has 2 aromatic carbocycles. The molecule has 0 aromatic heterocycles. The molecule has 0 saturated carbocycles. The summed E-state index contributed by atoms with van der Waals surface area (Å²) in [6.07, 6.45) is 5.70. The Bertz CT molecular complexity index is 706. The third kappa shape index (κ3) is 2.25. The zero-order valence-electron chi connectivity index (χ0n) is 11.4. The van der Waals surface area contributed by atoms with Crippen LogP contribution >= 0.6 is 23.2 Å². The van der Waals surface area contributed by atoms with E-state index in [4.69, 9.17) is 23.2 Å². The lowest BCUT2D eigenvalue weighted by Gasteiger charge is -2.37. The number of anilines is 1. The van der Waals surface area contributed by atoms with Crippen molar-refractivity contribution in [1.29, 1.82) is 0 Å². The highest BCUT2D eigenvalue weighted by molar-refractivity contribution is 6.31. The Morgan fingerprint density at radius 3 is 2.52 bits per heavy atom. The fraction of sp³-hybridized carbons (Fsp3) is 0.222. The molecule has 1 nitrogen and oxygen atoms in total. The van der Waals surface area contributed by atoms with Crippen molar-refractivity contribution in [3.05, 3.63) is 75.8 Å². The number of hydrogen-bond donors (Lipinski definition) is 1. The lowest BCUT2D eigenvalue weighted by molar-refractivity contribution is 0.425. The van der Waals surface area contributed by atoms with Crippen LogP contribution in [0.3, 0.4) is 0 Å². The smallest absolute Gasteiger partial charge is 0.0553 e. The molecule has 21 heavy (non-hydrogen) atoms. The van der Waals surface area contributed by atoms with E-state index in [9.17, 15) is 0 Å². The minimum Gasteiger partial charge on any atom is -0.378 e. The monoisotopic (exact) mass is 315 g/mol. The summed E-state index contributed by atoms with van der Waals surface area (Å²) in [5, 5.41) is 5.28. The topological polar surface area (TPSA) is 12.0 Å². The van der Waals surface area contributed by atoms with Crippen LogP contribution in [-0.4, -0.2) is 0 Å². The summed E-state index contributed by atoms with van der Waals surface area (Å²) in [6, 6.07) is 14.6. The van der Waals surface area contributed by atoms with Crippen molar-refractivity contribution in [3.63, 3.8) is 0 Å². The van der Waals surface area contributed by atoms with Gasteiger partial charge in [-0.2, -0.15) is 0 Å². The van der Waals surface area contributed by atoms with Crippen molar-refractivity contribution in [2.75, 3.05) is 5.32 Å². The summed E-state index contributed by atoms with van der Waals surface area (Å²) in [4.78, 5) is 0. The molecule has 1 heterocycles. The number of halogens is 2. The first-order valence-corrected chi connectivity index (χ1v) is 7.96. The van der Waals surface area contributed by atoms with Crippen LogP contribution in [0.15, 0.2) is 54.6 Å². The lowest BCUT2D eigenvalue weighted by Crippen LogP contribution is -2.28. The van der Waals surface area contributed by atoms with Crippen molar-refractivity contribution < 1.29 is 0 Å². The predicted octanol–water partition coefficient (Wildman–Crippen LogP) is 5.82. The van der Waals surface area contributed by atoms with Gasteiger partial charge in [-0.3, -0.25) is 0 Å². The molecule has 0 fully saturated rings. The first-order valence-electron chi connectivity index (χ1n) is 7.20. The van der Waals surface area contributed by atoms with Gasteiger partial charge in [0.1, 0.15) is 0 Å². The third-order valence-electron chi connectivity index (χ3n) is 4.55. The number of allylic oxidation sites excluding steroid dienone is 2. The van der Waals surface area contributed by atoms with Crippen LogP contribution in [0.25, 0.3) is 0 Å². The van der Waals surface area contributed by atoms with Gasteiger partial charge in [-0.05, 0) is 53.8 Å². The lowest BCUT2D eigenvalue weighted by atomic mass is 9.77. The Balaban J connectivity index is 1.78. The van der Waals surface area contributed by atoms with E-state index in [2.05, 4.69) is 41.7 Å². The van der Waals surface area contributed by atoms with Crippen molar-refractivity contribution >= 4 is 28.9 Å². The second-order valence-corrected chi connectivity index (χ2v) is 6.63. The van der Waals surface area contributed by atoms with Gasteiger partial charge in [0, 0.05) is 21.7 Å². The molecule has 106 valence electrons. The van der Waals surface area contributed by atoms with Gasteiger partial charge in [-0.1, -0.05) is 47.5 Å². The van der Waals surface area contributed by atoms with Crippen molar-refractivity contribution in [2.45, 2.75) is 18.4 Å². The van der Waals surface area contributed by atoms with Crippen LogP contribution in [0, 0.1) is 5.92 Å². The molecule has 0 spiro atoms. The zero-order valence-corrected chi connectivity index (χ0v) is 12.9. The minimum atomic E-state index is 0.316. The molecule has 0 unspecified atom stereocenters. The van der Waals surface area contributed by atoms with E-state index in [0.29, 0.717) is 17.9 Å². The second-order valence-electron chi connectivity index (χ2n) is 5.76. The van der Waals surface area contributed by atoms with E-state index >= 15 is 0 Å². The summed E-state index contributed by atoms with van der Waals surface area (Å²) >= 11 is 12.2. The Morgan fingerprint density at radius 2 is 1.71 bits per heavy atom.